The summed E-state index contributed by atoms with van der Waals surface area (Å²) < 4.78 is 0. The summed E-state index contributed by atoms with van der Waals surface area (Å²) >= 11 is 3.80. The van der Waals surface area contributed by atoms with Crippen molar-refractivity contribution in [3.8, 4) is 0 Å². The summed E-state index contributed by atoms with van der Waals surface area (Å²) in [5.41, 5.74) is 9.73. The summed E-state index contributed by atoms with van der Waals surface area (Å²) in [6.45, 7) is 0.684. The van der Waals surface area contributed by atoms with Crippen LogP contribution in [-0.2, 0) is 9.59 Å². The van der Waals surface area contributed by atoms with E-state index in [9.17, 15) is 14.7 Å². The van der Waals surface area contributed by atoms with Crippen LogP contribution < -0.4 is 68.0 Å². The van der Waals surface area contributed by atoms with Crippen LogP contribution in [0.3, 0.4) is 0 Å². The first-order valence-electron chi connectivity index (χ1n) is 3.44. The number of aliphatic carboxylic acids is 2. The first-order chi connectivity index (χ1) is 5.95. The van der Waals surface area contributed by atoms with Gasteiger partial charge in [0.25, 0.3) is 0 Å². The molecule has 0 aromatic heterocycles. The molecule has 0 radical (unpaired) electrons. The van der Waals surface area contributed by atoms with E-state index >= 15 is 0 Å². The van der Waals surface area contributed by atoms with Crippen molar-refractivity contribution in [3.63, 3.8) is 0 Å². The minimum Gasteiger partial charge on any atom is -0.548 e. The molecule has 0 heterocycles. The van der Waals surface area contributed by atoms with Crippen LogP contribution in [0.25, 0.3) is 0 Å². The second-order valence-corrected chi connectivity index (χ2v) is 2.48. The predicted octanol–water partition coefficient (Wildman–Crippen LogP) is -5.58. The fraction of sp³-hybridized carbons (Fsp3) is 0.667. The van der Waals surface area contributed by atoms with E-state index in [0.717, 1.165) is 5.75 Å². The maximum absolute atomic E-state index is 9.74. The predicted molar refractivity (Wildman–Crippen MR) is 48.1 cm³/mol. The molecule has 0 rings (SSSR count). The zero-order chi connectivity index (χ0) is 10.9. The molecule has 0 saturated heterocycles. The van der Waals surface area contributed by atoms with E-state index in [-0.39, 0.29) is 51.4 Å². The molecule has 0 amide bonds. The van der Waals surface area contributed by atoms with Gasteiger partial charge in [-0.2, -0.15) is 12.6 Å². The largest absolute Gasteiger partial charge is 1.00 e. The van der Waals surface area contributed by atoms with Crippen molar-refractivity contribution in [2.24, 2.45) is 11.5 Å². The molecule has 1 unspecified atom stereocenters. The number of hydrogen-bond donors (Lipinski definition) is 4. The van der Waals surface area contributed by atoms with E-state index in [0.29, 0.717) is 6.54 Å². The molecule has 0 bridgehead atoms. The van der Waals surface area contributed by atoms with Gasteiger partial charge in [-0.05, 0) is 0 Å². The molecule has 14 heavy (non-hydrogen) atoms. The maximum Gasteiger partial charge on any atom is 1.00 e. The van der Waals surface area contributed by atoms with Gasteiger partial charge in [-0.3, -0.25) is 4.79 Å². The summed E-state index contributed by atoms with van der Waals surface area (Å²) in [4.78, 5) is 19.5. The van der Waals surface area contributed by atoms with Crippen molar-refractivity contribution in [2.75, 3.05) is 12.3 Å². The number of carboxylic acids is 2. The van der Waals surface area contributed by atoms with Crippen molar-refractivity contribution >= 4 is 24.6 Å². The fourth-order valence-corrected chi connectivity index (χ4v) is 0.271. The Labute approximate surface area is 130 Å². The van der Waals surface area contributed by atoms with Crippen LogP contribution in [0.5, 0.6) is 0 Å². The molecule has 0 saturated carbocycles. The van der Waals surface area contributed by atoms with Gasteiger partial charge in [0.15, 0.2) is 0 Å². The molecule has 0 aromatic carbocycles. The van der Waals surface area contributed by atoms with Gasteiger partial charge in [0.05, 0.1) is 18.4 Å². The van der Waals surface area contributed by atoms with E-state index < -0.39 is 24.4 Å². The van der Waals surface area contributed by atoms with Gasteiger partial charge in [0.1, 0.15) is 0 Å². The Balaban J connectivity index is -0.000000209. The van der Waals surface area contributed by atoms with Crippen molar-refractivity contribution < 1.29 is 71.2 Å². The number of nitrogens with two attached hydrogens (primary N) is 2. The topological polar surface area (TPSA) is 129 Å². The summed E-state index contributed by atoms with van der Waals surface area (Å²) in [7, 11) is 0. The standard InChI is InChI=1S/C4H7NO4.C2H7NS.K/c5-2(4(8)9)1-3(6)7;3-1-2-4;/h2H,1,5H2,(H,6,7)(H,8,9);4H,1-3H2;/q;;+1/p-1. The van der Waals surface area contributed by atoms with E-state index in [1.807, 2.05) is 0 Å². The van der Waals surface area contributed by atoms with Gasteiger partial charge in [-0.25, -0.2) is 0 Å². The van der Waals surface area contributed by atoms with Crippen LogP contribution in [0, 0.1) is 0 Å². The van der Waals surface area contributed by atoms with Crippen molar-refractivity contribution in [1.29, 1.82) is 0 Å². The molecule has 0 aliphatic rings. The number of rotatable bonds is 4. The molecular weight excluding hydrogens is 235 g/mol. The number of carbonyl (C=O) groups excluding carboxylic acids is 1. The number of thiol groups is 1. The molecule has 0 aliphatic heterocycles. The summed E-state index contributed by atoms with van der Waals surface area (Å²) in [5, 5.41) is 17.7. The monoisotopic (exact) mass is 248 g/mol. The van der Waals surface area contributed by atoms with E-state index in [4.69, 9.17) is 16.6 Å². The van der Waals surface area contributed by atoms with Crippen molar-refractivity contribution in [1.82, 2.24) is 0 Å². The summed E-state index contributed by atoms with van der Waals surface area (Å²) in [6.07, 6.45) is -0.595. The normalized spacial score (nSPS) is 10.2. The number of carbonyl (C=O) groups is 2. The maximum atomic E-state index is 9.74. The smallest absolute Gasteiger partial charge is 0.548 e. The molecule has 0 fully saturated rings. The van der Waals surface area contributed by atoms with Crippen LogP contribution in [-0.4, -0.2) is 35.4 Å². The minimum atomic E-state index is -1.54. The van der Waals surface area contributed by atoms with Gasteiger partial charge < -0.3 is 26.5 Å². The molecular formula is C6H13KN2O4S. The van der Waals surface area contributed by atoms with Gasteiger partial charge >= 0.3 is 57.4 Å². The quantitative estimate of drug-likeness (QED) is 0.290. The zero-order valence-electron chi connectivity index (χ0n) is 7.97. The second-order valence-electron chi connectivity index (χ2n) is 2.04. The zero-order valence-corrected chi connectivity index (χ0v) is 12.0. The molecule has 5 N–H and O–H groups in total. The first kappa shape index (κ1) is 20.3. The van der Waals surface area contributed by atoms with Gasteiger partial charge in [0.2, 0.25) is 0 Å². The summed E-state index contributed by atoms with van der Waals surface area (Å²) in [5.74, 6) is -2.00. The van der Waals surface area contributed by atoms with Gasteiger partial charge in [0, 0.05) is 12.3 Å². The minimum absolute atomic E-state index is 0. The van der Waals surface area contributed by atoms with Crippen LogP contribution in [0.15, 0.2) is 0 Å². The van der Waals surface area contributed by atoms with E-state index in [1.54, 1.807) is 0 Å². The first-order valence-corrected chi connectivity index (χ1v) is 4.08. The molecule has 78 valence electrons. The Morgan fingerprint density at radius 1 is 1.50 bits per heavy atom. The molecule has 0 spiro atoms. The third kappa shape index (κ3) is 18.6. The fourth-order valence-electron chi connectivity index (χ4n) is 0.271. The Kier molecular flexibility index (Phi) is 20.1. The van der Waals surface area contributed by atoms with Crippen molar-refractivity contribution in [3.05, 3.63) is 0 Å². The Morgan fingerprint density at radius 3 is 1.93 bits per heavy atom. The van der Waals surface area contributed by atoms with Crippen LogP contribution in [0.2, 0.25) is 0 Å². The Morgan fingerprint density at radius 2 is 1.86 bits per heavy atom. The van der Waals surface area contributed by atoms with Crippen LogP contribution in [0.4, 0.5) is 0 Å². The third-order valence-electron chi connectivity index (χ3n) is 0.826. The summed E-state index contributed by atoms with van der Waals surface area (Å²) in [6, 6.07) is -1.40. The van der Waals surface area contributed by atoms with E-state index in [2.05, 4.69) is 12.6 Å². The Hall–Kier alpha value is 0.846. The molecule has 1 atom stereocenters. The second kappa shape index (κ2) is 13.8. The average molecular weight is 248 g/mol. The van der Waals surface area contributed by atoms with E-state index in [1.165, 1.54) is 0 Å². The SMILES string of the molecule is NC(CC(=O)O)C(=O)[O-].NCCS.[K+]. The molecule has 0 aromatic rings. The molecule has 6 nitrogen and oxygen atoms in total. The van der Waals surface area contributed by atoms with Gasteiger partial charge in [-0.15, -0.1) is 0 Å². The van der Waals surface area contributed by atoms with Crippen LogP contribution >= 0.6 is 12.6 Å². The van der Waals surface area contributed by atoms with Crippen LogP contribution in [0.1, 0.15) is 6.42 Å². The molecule has 0 aliphatic carbocycles. The Bertz CT molecular complexity index is 168. The molecule has 8 heteroatoms. The number of carboxylic acid groups (broad SMARTS) is 2. The van der Waals surface area contributed by atoms with Gasteiger partial charge in [-0.1, -0.05) is 0 Å². The average Bonchev–Trinajstić information content (AvgIpc) is 2.03. The van der Waals surface area contributed by atoms with Crippen molar-refractivity contribution in [2.45, 2.75) is 12.5 Å². The third-order valence-corrected chi connectivity index (χ3v) is 1.08. The number of hydrogen-bond acceptors (Lipinski definition) is 6.